The van der Waals surface area contributed by atoms with Crippen molar-refractivity contribution in [1.29, 1.82) is 0 Å². The number of amides is 1. The Morgan fingerprint density at radius 3 is 2.42 bits per heavy atom. The van der Waals surface area contributed by atoms with E-state index in [0.29, 0.717) is 29.2 Å². The highest BCUT2D eigenvalue weighted by Gasteiger charge is 2.37. The molecule has 1 saturated heterocycles. The first kappa shape index (κ1) is 36.5. The zero-order valence-corrected chi connectivity index (χ0v) is 30.8. The summed E-state index contributed by atoms with van der Waals surface area (Å²) in [5.74, 6) is 0.907. The van der Waals surface area contributed by atoms with Gasteiger partial charge in [0.1, 0.15) is 12.5 Å². The van der Waals surface area contributed by atoms with Gasteiger partial charge >= 0.3 is 5.97 Å². The zero-order valence-electron chi connectivity index (χ0n) is 29.2. The summed E-state index contributed by atoms with van der Waals surface area (Å²) in [6.45, 7) is 2.15. The summed E-state index contributed by atoms with van der Waals surface area (Å²) in [6, 6.07) is 20.2. The highest BCUT2D eigenvalue weighted by atomic mass is 35.5. The smallest absolute Gasteiger partial charge is 0.315 e. The Labute approximate surface area is 305 Å². The Hall–Kier alpha value is -3.30. The molecule has 3 aromatic rings. The van der Waals surface area contributed by atoms with Gasteiger partial charge in [-0.05, 0) is 85.0 Å². The van der Waals surface area contributed by atoms with E-state index in [0.717, 1.165) is 79.7 Å². The zero-order chi connectivity index (χ0) is 35.2. The second-order valence-corrected chi connectivity index (χ2v) is 14.5. The molecule has 1 amide bonds. The van der Waals surface area contributed by atoms with E-state index in [9.17, 15) is 9.59 Å². The number of methoxy groups -OCH3 is 2. The Bertz CT molecular complexity index is 1650. The normalized spacial score (nSPS) is 23.6. The largest absolute Gasteiger partial charge is 0.493 e. The second-order valence-electron chi connectivity index (χ2n) is 13.7. The first-order valence-electron chi connectivity index (χ1n) is 17.8. The third-order valence-corrected chi connectivity index (χ3v) is 11.5. The van der Waals surface area contributed by atoms with Gasteiger partial charge in [-0.25, -0.2) is 0 Å². The van der Waals surface area contributed by atoms with Crippen molar-refractivity contribution in [2.75, 3.05) is 41.0 Å². The van der Waals surface area contributed by atoms with Crippen LogP contribution in [0.5, 0.6) is 11.5 Å². The number of carbonyl (C=O) groups excluding carboxylic acids is 2. The van der Waals surface area contributed by atoms with E-state index in [1.807, 2.05) is 48.5 Å². The molecule has 0 radical (unpaired) electrons. The quantitative estimate of drug-likeness (QED) is 0.138. The van der Waals surface area contributed by atoms with Gasteiger partial charge < -0.3 is 23.8 Å². The maximum absolute atomic E-state index is 13.4. The lowest BCUT2D eigenvalue weighted by Crippen LogP contribution is -2.46. The minimum atomic E-state index is -0.460. The molecule has 3 aliphatic rings. The lowest BCUT2D eigenvalue weighted by molar-refractivity contribution is -0.153. The molecule has 3 aromatic carbocycles. The molecule has 8 nitrogen and oxygen atoms in total. The summed E-state index contributed by atoms with van der Waals surface area (Å²) in [4.78, 5) is 30.7. The highest BCUT2D eigenvalue weighted by molar-refractivity contribution is 6.42. The summed E-state index contributed by atoms with van der Waals surface area (Å²) >= 11 is 12.5. The third kappa shape index (κ3) is 8.42. The molecule has 0 spiro atoms. The van der Waals surface area contributed by atoms with Gasteiger partial charge in [0, 0.05) is 32.1 Å². The molecule has 10 heteroatoms. The van der Waals surface area contributed by atoms with Gasteiger partial charge in [-0.3, -0.25) is 14.5 Å². The average molecular weight is 724 g/mol. The van der Waals surface area contributed by atoms with Gasteiger partial charge in [0.05, 0.1) is 43.0 Å². The molecule has 0 N–H and O–H groups in total. The van der Waals surface area contributed by atoms with Gasteiger partial charge in [-0.1, -0.05) is 72.4 Å². The van der Waals surface area contributed by atoms with Crippen LogP contribution in [0.1, 0.15) is 85.6 Å². The fourth-order valence-corrected chi connectivity index (χ4v) is 8.41. The first-order chi connectivity index (χ1) is 24.2. The van der Waals surface area contributed by atoms with Gasteiger partial charge in [-0.2, -0.15) is 0 Å². The van der Waals surface area contributed by atoms with Crippen molar-refractivity contribution >= 4 is 35.1 Å². The highest BCUT2D eigenvalue weighted by Crippen LogP contribution is 2.44. The molecule has 50 heavy (non-hydrogen) atoms. The molecule has 2 fully saturated rings. The van der Waals surface area contributed by atoms with Crippen LogP contribution in [-0.4, -0.2) is 80.9 Å². The summed E-state index contributed by atoms with van der Waals surface area (Å²) < 4.78 is 23.2. The predicted molar refractivity (Wildman–Crippen MR) is 195 cm³/mol. The molecule has 6 rings (SSSR count). The molecule has 5 atom stereocenters. The van der Waals surface area contributed by atoms with Crippen LogP contribution in [0.25, 0.3) is 0 Å². The standard InChI is InChI=1S/C40H48Cl2N2O6/c1-43(34-16-14-29(30-8-4-5-9-31(30)34)27-13-15-32(41)33(42)23-27)39(45)24-40(46)50-28-18-20-44(25-28)35-10-6-7-11-36(35)49-21-19-26-12-17-37(47-2)38(22-26)48-3/h4-5,8-9,12-13,15,17,22-23,28-29,34-36H,6-7,10-11,14,16,18-21,24-25H2,1-3H3/t28-,29+,34+,35-,36-/m1/s1. The number of nitrogens with zero attached hydrogens (tertiary/aromatic N) is 2. The maximum atomic E-state index is 13.4. The maximum Gasteiger partial charge on any atom is 0.315 e. The molecule has 0 bridgehead atoms. The summed E-state index contributed by atoms with van der Waals surface area (Å²) in [6.07, 6.45) is 7.23. The minimum absolute atomic E-state index is 0.123. The van der Waals surface area contributed by atoms with Crippen LogP contribution in [0.15, 0.2) is 60.7 Å². The molecule has 1 heterocycles. The fraction of sp³-hybridized carbons (Fsp3) is 0.500. The molecular weight excluding hydrogens is 675 g/mol. The fourth-order valence-electron chi connectivity index (χ4n) is 8.10. The van der Waals surface area contributed by atoms with Crippen molar-refractivity contribution in [3.05, 3.63) is 93.0 Å². The van der Waals surface area contributed by atoms with E-state index in [1.54, 1.807) is 26.2 Å². The predicted octanol–water partition coefficient (Wildman–Crippen LogP) is 8.01. The van der Waals surface area contributed by atoms with E-state index in [1.165, 1.54) is 12.0 Å². The first-order valence-corrected chi connectivity index (χ1v) is 18.6. The number of rotatable bonds is 12. The number of halogens is 2. The van der Waals surface area contributed by atoms with Gasteiger partial charge in [0.25, 0.3) is 0 Å². The molecule has 268 valence electrons. The van der Waals surface area contributed by atoms with Crippen LogP contribution < -0.4 is 9.47 Å². The Morgan fingerprint density at radius 2 is 1.64 bits per heavy atom. The van der Waals surface area contributed by atoms with E-state index in [4.69, 9.17) is 42.1 Å². The van der Waals surface area contributed by atoms with Gasteiger partial charge in [0.15, 0.2) is 11.5 Å². The van der Waals surface area contributed by atoms with Gasteiger partial charge in [-0.15, -0.1) is 0 Å². The van der Waals surface area contributed by atoms with E-state index in [-0.39, 0.29) is 36.5 Å². The molecule has 2 aliphatic carbocycles. The van der Waals surface area contributed by atoms with Crippen LogP contribution in [0, 0.1) is 0 Å². The number of likely N-dealkylation sites (tertiary alicyclic amines) is 1. The van der Waals surface area contributed by atoms with Crippen LogP contribution in [0.4, 0.5) is 0 Å². The van der Waals surface area contributed by atoms with Crippen LogP contribution in [0.2, 0.25) is 10.0 Å². The molecular formula is C40H48Cl2N2O6. The number of carbonyl (C=O) groups is 2. The van der Waals surface area contributed by atoms with Crippen LogP contribution in [-0.2, 0) is 25.5 Å². The van der Waals surface area contributed by atoms with Crippen LogP contribution in [0.3, 0.4) is 0 Å². The van der Waals surface area contributed by atoms with Crippen molar-refractivity contribution in [1.82, 2.24) is 9.80 Å². The van der Waals surface area contributed by atoms with E-state index < -0.39 is 5.97 Å². The van der Waals surface area contributed by atoms with E-state index >= 15 is 0 Å². The van der Waals surface area contributed by atoms with Crippen molar-refractivity contribution in [2.24, 2.45) is 0 Å². The van der Waals surface area contributed by atoms with E-state index in [2.05, 4.69) is 17.0 Å². The van der Waals surface area contributed by atoms with Crippen LogP contribution >= 0.6 is 23.2 Å². The Kier molecular flexibility index (Phi) is 12.3. The van der Waals surface area contributed by atoms with Gasteiger partial charge in [0.2, 0.25) is 5.91 Å². The number of benzene rings is 3. The molecule has 1 aliphatic heterocycles. The molecule has 0 unspecified atom stereocenters. The summed E-state index contributed by atoms with van der Waals surface area (Å²) in [5.41, 5.74) is 4.51. The SMILES string of the molecule is COc1ccc(CCO[C@@H]2CCCC[C@H]2N2CC[C@@H](OC(=O)CC(=O)N(C)[C@H]3CC[C@@H](c4ccc(Cl)c(Cl)c4)c4ccccc43)C2)cc1OC. The average Bonchev–Trinajstić information content (AvgIpc) is 3.60. The lowest BCUT2D eigenvalue weighted by atomic mass is 9.76. The number of ether oxygens (including phenoxy) is 4. The van der Waals surface area contributed by atoms with Crippen molar-refractivity contribution < 1.29 is 28.5 Å². The molecule has 0 aromatic heterocycles. The number of hydrogen-bond donors (Lipinski definition) is 0. The van der Waals surface area contributed by atoms with Crippen molar-refractivity contribution in [2.45, 2.75) is 88.0 Å². The Balaban J connectivity index is 0.996. The number of esters is 1. The minimum Gasteiger partial charge on any atom is -0.493 e. The summed E-state index contributed by atoms with van der Waals surface area (Å²) in [7, 11) is 5.08. The lowest BCUT2D eigenvalue weighted by Gasteiger charge is -2.38. The number of hydrogen-bond acceptors (Lipinski definition) is 7. The topological polar surface area (TPSA) is 77.5 Å². The van der Waals surface area contributed by atoms with Crippen molar-refractivity contribution in [3.8, 4) is 11.5 Å². The monoisotopic (exact) mass is 722 g/mol. The summed E-state index contributed by atoms with van der Waals surface area (Å²) in [5, 5.41) is 1.07. The number of fused-ring (bicyclic) bond motifs is 1. The van der Waals surface area contributed by atoms with Crippen molar-refractivity contribution in [3.63, 3.8) is 0 Å². The Morgan fingerprint density at radius 1 is 0.860 bits per heavy atom. The second kappa shape index (κ2) is 16.8. The third-order valence-electron chi connectivity index (χ3n) is 10.7. The molecule has 1 saturated carbocycles.